The average molecular weight is 175 g/mol. The van der Waals surface area contributed by atoms with E-state index in [1.807, 2.05) is 36.1 Å². The minimum atomic E-state index is 0.698. The summed E-state index contributed by atoms with van der Waals surface area (Å²) in [5.74, 6) is 0. The predicted octanol–water partition coefficient (Wildman–Crippen LogP) is 0.510. The molecule has 13 heavy (non-hydrogen) atoms. The van der Waals surface area contributed by atoms with Crippen molar-refractivity contribution in [2.45, 2.75) is 6.54 Å². The molecule has 1 radical (unpaired) electrons. The molecule has 0 amide bonds. The van der Waals surface area contributed by atoms with E-state index in [1.54, 1.807) is 0 Å². The number of nitrogens with two attached hydrogens (primary N) is 1. The highest BCUT2D eigenvalue weighted by Gasteiger charge is 2.00. The fourth-order valence-electron chi connectivity index (χ4n) is 1.14. The van der Waals surface area contributed by atoms with Gasteiger partial charge in [0.15, 0.2) is 0 Å². The Morgan fingerprint density at radius 3 is 3.00 bits per heavy atom. The van der Waals surface area contributed by atoms with E-state index in [4.69, 9.17) is 5.73 Å². The van der Waals surface area contributed by atoms with Gasteiger partial charge < -0.3 is 15.3 Å². The minimum Gasteiger partial charge on any atom is -0.399 e. The van der Waals surface area contributed by atoms with Crippen molar-refractivity contribution in [3.63, 3.8) is 0 Å². The van der Waals surface area contributed by atoms with Crippen LogP contribution in [0, 0.1) is 0 Å². The highest BCUT2D eigenvalue weighted by atomic mass is 16.1. The molecule has 1 aromatic rings. The fraction of sp³-hybridized carbons (Fsp3) is 0.222. The van der Waals surface area contributed by atoms with Crippen LogP contribution in [0.5, 0.6) is 0 Å². The SMILES string of the molecule is CN([B]C=O)Cc1cccc(N)c1. The van der Waals surface area contributed by atoms with E-state index in [0.29, 0.717) is 6.54 Å². The number of anilines is 1. The van der Waals surface area contributed by atoms with Crippen LogP contribution < -0.4 is 5.73 Å². The molecule has 0 saturated carbocycles. The lowest BCUT2D eigenvalue weighted by molar-refractivity contribution is 0.526. The summed E-state index contributed by atoms with van der Waals surface area (Å²) >= 11 is 0. The van der Waals surface area contributed by atoms with Crippen LogP contribution in [0.2, 0.25) is 0 Å². The lowest BCUT2D eigenvalue weighted by atomic mass is 9.95. The molecule has 0 atom stereocenters. The molecule has 1 rings (SSSR count). The number of hydrogen-bond donors (Lipinski definition) is 1. The Kier molecular flexibility index (Phi) is 3.52. The van der Waals surface area contributed by atoms with Gasteiger partial charge in [-0.05, 0) is 24.7 Å². The first-order valence-corrected chi connectivity index (χ1v) is 4.05. The Bertz CT molecular complexity index is 291. The maximum Gasteiger partial charge on any atom is 0.293 e. The first kappa shape index (κ1) is 9.80. The number of rotatable bonds is 4. The molecule has 0 bridgehead atoms. The minimum absolute atomic E-state index is 0.698. The molecule has 0 saturated heterocycles. The molecule has 0 aromatic heterocycles. The summed E-state index contributed by atoms with van der Waals surface area (Å²) in [7, 11) is 3.33. The van der Waals surface area contributed by atoms with Gasteiger partial charge in [0, 0.05) is 12.2 Å². The second-order valence-corrected chi connectivity index (χ2v) is 2.95. The lowest BCUT2D eigenvalue weighted by Gasteiger charge is -2.12. The largest absolute Gasteiger partial charge is 0.399 e. The molecule has 0 aliphatic carbocycles. The molecule has 0 aliphatic rings. The van der Waals surface area contributed by atoms with Gasteiger partial charge in [0.25, 0.3) is 7.41 Å². The number of nitrogen functional groups attached to an aromatic ring is 1. The Morgan fingerprint density at radius 2 is 2.38 bits per heavy atom. The molecule has 3 nitrogen and oxygen atoms in total. The number of carbonyl (C=O) groups is 1. The molecule has 1 aromatic carbocycles. The van der Waals surface area contributed by atoms with Crippen LogP contribution in [0.1, 0.15) is 5.56 Å². The van der Waals surface area contributed by atoms with Crippen LogP contribution in [-0.4, -0.2) is 25.5 Å². The van der Waals surface area contributed by atoms with Gasteiger partial charge >= 0.3 is 0 Å². The van der Waals surface area contributed by atoms with Gasteiger partial charge in [-0.3, -0.25) is 0 Å². The van der Waals surface area contributed by atoms with Crippen molar-refractivity contribution in [1.29, 1.82) is 0 Å². The first-order valence-electron chi connectivity index (χ1n) is 4.05. The molecule has 0 fully saturated rings. The smallest absolute Gasteiger partial charge is 0.293 e. The van der Waals surface area contributed by atoms with Gasteiger partial charge in [0.05, 0.1) is 6.19 Å². The van der Waals surface area contributed by atoms with Crippen molar-refractivity contribution in [1.82, 2.24) is 4.81 Å². The van der Waals surface area contributed by atoms with Crippen LogP contribution in [0.15, 0.2) is 24.3 Å². The normalized spacial score (nSPS) is 10.0. The molecule has 2 N–H and O–H groups in total. The first-order chi connectivity index (χ1) is 6.22. The van der Waals surface area contributed by atoms with Crippen molar-refractivity contribution in [3.05, 3.63) is 29.8 Å². The fourth-order valence-corrected chi connectivity index (χ4v) is 1.14. The molecule has 4 heteroatoms. The van der Waals surface area contributed by atoms with Gasteiger partial charge in [0.2, 0.25) is 0 Å². The zero-order chi connectivity index (χ0) is 9.68. The summed E-state index contributed by atoms with van der Waals surface area (Å²) in [6.45, 7) is 0.698. The summed E-state index contributed by atoms with van der Waals surface area (Å²) < 4.78 is 0. The van der Waals surface area contributed by atoms with Gasteiger partial charge in [-0.1, -0.05) is 12.1 Å². The second-order valence-electron chi connectivity index (χ2n) is 2.95. The number of hydrogen-bond acceptors (Lipinski definition) is 3. The monoisotopic (exact) mass is 175 g/mol. The maximum atomic E-state index is 10.2. The van der Waals surface area contributed by atoms with Crippen molar-refractivity contribution in [2.24, 2.45) is 0 Å². The molecule has 0 aliphatic heterocycles. The Labute approximate surface area is 78.8 Å². The molecule has 0 heterocycles. The van der Waals surface area contributed by atoms with E-state index >= 15 is 0 Å². The topological polar surface area (TPSA) is 46.3 Å². The summed E-state index contributed by atoms with van der Waals surface area (Å²) in [5.41, 5.74) is 7.46. The summed E-state index contributed by atoms with van der Waals surface area (Å²) in [6.07, 6.45) is 0.770. The molecular weight excluding hydrogens is 163 g/mol. The number of carbonyl (C=O) groups excluding carboxylic acids is 1. The lowest BCUT2D eigenvalue weighted by Crippen LogP contribution is -2.23. The predicted molar refractivity (Wildman–Crippen MR) is 54.8 cm³/mol. The molecule has 67 valence electrons. The Morgan fingerprint density at radius 1 is 1.62 bits per heavy atom. The third-order valence-electron chi connectivity index (χ3n) is 1.70. The quantitative estimate of drug-likeness (QED) is 0.412. The highest BCUT2D eigenvalue weighted by molar-refractivity contribution is 6.64. The van der Waals surface area contributed by atoms with Gasteiger partial charge in [0.1, 0.15) is 0 Å². The molecule has 0 spiro atoms. The van der Waals surface area contributed by atoms with E-state index < -0.39 is 0 Å². The third kappa shape index (κ3) is 3.30. The van der Waals surface area contributed by atoms with Gasteiger partial charge in [-0.2, -0.15) is 0 Å². The van der Waals surface area contributed by atoms with E-state index in [2.05, 4.69) is 0 Å². The highest BCUT2D eigenvalue weighted by Crippen LogP contribution is 2.07. The van der Waals surface area contributed by atoms with Gasteiger partial charge in [-0.15, -0.1) is 0 Å². The van der Waals surface area contributed by atoms with Crippen LogP contribution in [0.3, 0.4) is 0 Å². The van der Waals surface area contributed by atoms with Gasteiger partial charge in [-0.25, -0.2) is 0 Å². The summed E-state index contributed by atoms with van der Waals surface area (Å²) in [4.78, 5) is 12.0. The van der Waals surface area contributed by atoms with Crippen molar-refractivity contribution in [2.75, 3.05) is 12.8 Å². The zero-order valence-corrected chi connectivity index (χ0v) is 7.60. The molecule has 0 unspecified atom stereocenters. The number of nitrogens with zero attached hydrogens (tertiary/aromatic N) is 1. The Balaban J connectivity index is 2.58. The summed E-state index contributed by atoms with van der Waals surface area (Å²) in [5, 5.41) is 0. The van der Waals surface area contributed by atoms with E-state index in [-0.39, 0.29) is 0 Å². The average Bonchev–Trinajstić information content (AvgIpc) is 2.04. The van der Waals surface area contributed by atoms with Crippen LogP contribution in [-0.2, 0) is 11.3 Å². The number of benzene rings is 1. The van der Waals surface area contributed by atoms with E-state index in [9.17, 15) is 4.79 Å². The third-order valence-corrected chi connectivity index (χ3v) is 1.70. The molecular formula is C9H12BN2O. The van der Waals surface area contributed by atoms with Crippen LogP contribution in [0.25, 0.3) is 0 Å². The summed E-state index contributed by atoms with van der Waals surface area (Å²) in [6, 6.07) is 7.62. The van der Waals surface area contributed by atoms with Crippen molar-refractivity contribution in [3.8, 4) is 0 Å². The standard InChI is InChI=1S/C9H12BN2O/c1-12(10-7-13)6-8-3-2-4-9(11)5-8/h2-5,7H,6,11H2,1H3. The van der Waals surface area contributed by atoms with Crippen LogP contribution in [0.4, 0.5) is 5.69 Å². The van der Waals surface area contributed by atoms with Crippen molar-refractivity contribution >= 4 is 19.3 Å². The Hall–Kier alpha value is -1.29. The maximum absolute atomic E-state index is 10.2. The van der Waals surface area contributed by atoms with E-state index in [1.165, 1.54) is 7.41 Å². The second kappa shape index (κ2) is 4.67. The zero-order valence-electron chi connectivity index (χ0n) is 7.60. The van der Waals surface area contributed by atoms with E-state index in [0.717, 1.165) is 17.4 Å². The van der Waals surface area contributed by atoms with Crippen LogP contribution >= 0.6 is 0 Å². The van der Waals surface area contributed by atoms with Crippen molar-refractivity contribution < 1.29 is 4.79 Å².